The zero-order chi connectivity index (χ0) is 18.9. The standard InChI is InChI=1S/C23H31N3O/c1-19(22-11-7-4-8-12-22)15-25-23(24-2)26-14-13-21(16-26)18-27-17-20-9-5-3-6-10-20/h3-12,19,21H,13-18H2,1-2H3,(H,24,25). The number of hydrogen-bond acceptors (Lipinski definition) is 2. The Labute approximate surface area is 163 Å². The van der Waals surface area contributed by atoms with E-state index in [2.05, 4.69) is 76.7 Å². The van der Waals surface area contributed by atoms with E-state index in [1.807, 2.05) is 13.1 Å². The van der Waals surface area contributed by atoms with E-state index >= 15 is 0 Å². The number of hydrogen-bond donors (Lipinski definition) is 1. The highest BCUT2D eigenvalue weighted by molar-refractivity contribution is 5.80. The van der Waals surface area contributed by atoms with Crippen LogP contribution in [-0.4, -0.2) is 44.1 Å². The predicted molar refractivity (Wildman–Crippen MR) is 112 cm³/mol. The SMILES string of the molecule is CN=C(NCC(C)c1ccccc1)N1CCC(COCc2ccccc2)C1. The van der Waals surface area contributed by atoms with Crippen LogP contribution in [0.3, 0.4) is 0 Å². The van der Waals surface area contributed by atoms with E-state index < -0.39 is 0 Å². The van der Waals surface area contributed by atoms with Gasteiger partial charge in [0.05, 0.1) is 13.2 Å². The summed E-state index contributed by atoms with van der Waals surface area (Å²) in [5, 5.41) is 3.55. The Kier molecular flexibility index (Phi) is 7.28. The smallest absolute Gasteiger partial charge is 0.193 e. The van der Waals surface area contributed by atoms with Crippen molar-refractivity contribution in [3.8, 4) is 0 Å². The lowest BCUT2D eigenvalue weighted by molar-refractivity contribution is 0.0906. The molecule has 2 unspecified atom stereocenters. The summed E-state index contributed by atoms with van der Waals surface area (Å²) in [5.74, 6) is 2.03. The van der Waals surface area contributed by atoms with Crippen molar-refractivity contribution in [2.24, 2.45) is 10.9 Å². The molecule has 2 aromatic carbocycles. The number of benzene rings is 2. The van der Waals surface area contributed by atoms with E-state index in [0.717, 1.165) is 38.6 Å². The second kappa shape index (κ2) is 10.1. The Hall–Kier alpha value is -2.33. The largest absolute Gasteiger partial charge is 0.376 e. The van der Waals surface area contributed by atoms with Crippen molar-refractivity contribution in [1.82, 2.24) is 10.2 Å². The molecular formula is C23H31N3O. The number of rotatable bonds is 7. The summed E-state index contributed by atoms with van der Waals surface area (Å²) < 4.78 is 5.93. The Balaban J connectivity index is 1.41. The summed E-state index contributed by atoms with van der Waals surface area (Å²) in [5.41, 5.74) is 2.59. The Morgan fingerprint density at radius 2 is 1.85 bits per heavy atom. The molecule has 1 N–H and O–H groups in total. The molecule has 2 atom stereocenters. The topological polar surface area (TPSA) is 36.9 Å². The first-order chi connectivity index (χ1) is 13.3. The van der Waals surface area contributed by atoms with Crippen LogP contribution in [0.25, 0.3) is 0 Å². The predicted octanol–water partition coefficient (Wildman–Crippen LogP) is 3.90. The van der Waals surface area contributed by atoms with Gasteiger partial charge in [-0.1, -0.05) is 67.6 Å². The molecule has 0 spiro atoms. The van der Waals surface area contributed by atoms with Gasteiger partial charge in [-0.05, 0) is 23.5 Å². The van der Waals surface area contributed by atoms with E-state index in [1.54, 1.807) is 0 Å². The molecule has 0 aliphatic carbocycles. The maximum atomic E-state index is 5.93. The number of nitrogens with one attached hydrogen (secondary N) is 1. The lowest BCUT2D eigenvalue weighted by Gasteiger charge is -2.23. The van der Waals surface area contributed by atoms with Gasteiger partial charge < -0.3 is 15.0 Å². The fourth-order valence-corrected chi connectivity index (χ4v) is 3.55. The average Bonchev–Trinajstić information content (AvgIpc) is 3.18. The molecule has 0 aromatic heterocycles. The van der Waals surface area contributed by atoms with Crippen LogP contribution in [0.2, 0.25) is 0 Å². The van der Waals surface area contributed by atoms with Crippen molar-refractivity contribution < 1.29 is 4.74 Å². The van der Waals surface area contributed by atoms with Crippen molar-refractivity contribution >= 4 is 5.96 Å². The van der Waals surface area contributed by atoms with Gasteiger partial charge in [-0.2, -0.15) is 0 Å². The van der Waals surface area contributed by atoms with Crippen molar-refractivity contribution in [1.29, 1.82) is 0 Å². The van der Waals surface area contributed by atoms with E-state index in [9.17, 15) is 0 Å². The maximum Gasteiger partial charge on any atom is 0.193 e. The van der Waals surface area contributed by atoms with Crippen LogP contribution in [0.5, 0.6) is 0 Å². The highest BCUT2D eigenvalue weighted by Gasteiger charge is 2.25. The molecule has 1 heterocycles. The van der Waals surface area contributed by atoms with E-state index in [-0.39, 0.29) is 0 Å². The molecule has 0 saturated carbocycles. The second-order valence-electron chi connectivity index (χ2n) is 7.34. The first kappa shape index (κ1) is 19.4. The number of aliphatic imine (C=N–C) groups is 1. The zero-order valence-electron chi connectivity index (χ0n) is 16.5. The quantitative estimate of drug-likeness (QED) is 0.597. The van der Waals surface area contributed by atoms with E-state index in [0.29, 0.717) is 18.4 Å². The summed E-state index contributed by atoms with van der Waals surface area (Å²) in [6, 6.07) is 21.0. The normalized spacial score (nSPS) is 18.5. The molecular weight excluding hydrogens is 334 g/mol. The first-order valence-electron chi connectivity index (χ1n) is 9.88. The molecule has 0 bridgehead atoms. The van der Waals surface area contributed by atoms with Gasteiger partial charge in [0.2, 0.25) is 0 Å². The van der Waals surface area contributed by atoms with Gasteiger partial charge >= 0.3 is 0 Å². The molecule has 3 rings (SSSR count). The van der Waals surface area contributed by atoms with Gasteiger partial charge in [-0.25, -0.2) is 0 Å². The van der Waals surface area contributed by atoms with Gasteiger partial charge in [0, 0.05) is 32.6 Å². The average molecular weight is 366 g/mol. The Morgan fingerprint density at radius 1 is 1.15 bits per heavy atom. The molecule has 27 heavy (non-hydrogen) atoms. The Morgan fingerprint density at radius 3 is 2.56 bits per heavy atom. The lowest BCUT2D eigenvalue weighted by Crippen LogP contribution is -2.41. The molecule has 4 nitrogen and oxygen atoms in total. The van der Waals surface area contributed by atoms with Crippen molar-refractivity contribution in [2.75, 3.05) is 33.3 Å². The first-order valence-corrected chi connectivity index (χ1v) is 9.88. The zero-order valence-corrected chi connectivity index (χ0v) is 16.5. The third kappa shape index (κ3) is 5.83. The van der Waals surface area contributed by atoms with Crippen LogP contribution in [0.1, 0.15) is 30.4 Å². The number of likely N-dealkylation sites (tertiary alicyclic amines) is 1. The summed E-state index contributed by atoms with van der Waals surface area (Å²) >= 11 is 0. The molecule has 1 saturated heterocycles. The minimum Gasteiger partial charge on any atom is -0.376 e. The minimum absolute atomic E-state index is 0.454. The van der Waals surface area contributed by atoms with Crippen LogP contribution < -0.4 is 5.32 Å². The highest BCUT2D eigenvalue weighted by Crippen LogP contribution is 2.18. The molecule has 0 radical (unpaired) electrons. The third-order valence-corrected chi connectivity index (χ3v) is 5.20. The number of ether oxygens (including phenoxy) is 1. The third-order valence-electron chi connectivity index (χ3n) is 5.20. The molecule has 1 aliphatic heterocycles. The number of nitrogens with zero attached hydrogens (tertiary/aromatic N) is 2. The van der Waals surface area contributed by atoms with Gasteiger partial charge in [-0.3, -0.25) is 4.99 Å². The monoisotopic (exact) mass is 365 g/mol. The molecule has 4 heteroatoms. The van der Waals surface area contributed by atoms with Crippen LogP contribution in [0.4, 0.5) is 0 Å². The number of guanidine groups is 1. The van der Waals surface area contributed by atoms with Gasteiger partial charge in [0.1, 0.15) is 0 Å². The Bertz CT molecular complexity index is 702. The summed E-state index contributed by atoms with van der Waals surface area (Å²) in [6.45, 7) is 6.69. The fourth-order valence-electron chi connectivity index (χ4n) is 3.55. The summed E-state index contributed by atoms with van der Waals surface area (Å²) in [7, 11) is 1.87. The minimum atomic E-state index is 0.454. The molecule has 1 fully saturated rings. The molecule has 1 aliphatic rings. The van der Waals surface area contributed by atoms with Crippen LogP contribution in [0, 0.1) is 5.92 Å². The van der Waals surface area contributed by atoms with Gasteiger partial charge in [-0.15, -0.1) is 0 Å². The van der Waals surface area contributed by atoms with Gasteiger partial charge in [0.15, 0.2) is 5.96 Å². The molecule has 0 amide bonds. The van der Waals surface area contributed by atoms with Gasteiger partial charge in [0.25, 0.3) is 0 Å². The van der Waals surface area contributed by atoms with Crippen molar-refractivity contribution in [3.63, 3.8) is 0 Å². The van der Waals surface area contributed by atoms with E-state index in [1.165, 1.54) is 11.1 Å². The summed E-state index contributed by atoms with van der Waals surface area (Å²) in [4.78, 5) is 6.84. The summed E-state index contributed by atoms with van der Waals surface area (Å²) in [6.07, 6.45) is 1.16. The highest BCUT2D eigenvalue weighted by atomic mass is 16.5. The van der Waals surface area contributed by atoms with Crippen molar-refractivity contribution in [3.05, 3.63) is 71.8 Å². The second-order valence-corrected chi connectivity index (χ2v) is 7.34. The van der Waals surface area contributed by atoms with E-state index in [4.69, 9.17) is 4.74 Å². The van der Waals surface area contributed by atoms with Crippen LogP contribution in [-0.2, 0) is 11.3 Å². The molecule has 2 aromatic rings. The lowest BCUT2D eigenvalue weighted by atomic mass is 10.0. The van der Waals surface area contributed by atoms with Crippen LogP contribution in [0.15, 0.2) is 65.7 Å². The molecule has 144 valence electrons. The van der Waals surface area contributed by atoms with Crippen LogP contribution >= 0.6 is 0 Å². The maximum absolute atomic E-state index is 5.93. The fraction of sp³-hybridized carbons (Fsp3) is 0.435. The van der Waals surface area contributed by atoms with Crippen molar-refractivity contribution in [2.45, 2.75) is 25.9 Å².